The molecule has 0 fully saturated rings. The lowest BCUT2D eigenvalue weighted by Gasteiger charge is -2.18. The fourth-order valence-electron chi connectivity index (χ4n) is 2.91. The summed E-state index contributed by atoms with van der Waals surface area (Å²) in [4.78, 5) is 28.1. The lowest BCUT2D eigenvalue weighted by Crippen LogP contribution is -2.28. The number of sulfonamides is 1. The average Bonchev–Trinajstić information content (AvgIpc) is 2.72. The number of hydrogen-bond acceptors (Lipinski definition) is 6. The van der Waals surface area contributed by atoms with Gasteiger partial charge in [-0.3, -0.25) is 9.63 Å². The Labute approximate surface area is 169 Å². The summed E-state index contributed by atoms with van der Waals surface area (Å²) < 4.78 is 25.6. The van der Waals surface area contributed by atoms with Crippen molar-refractivity contribution in [3.8, 4) is 0 Å². The van der Waals surface area contributed by atoms with E-state index < -0.39 is 10.0 Å². The predicted molar refractivity (Wildman–Crippen MR) is 108 cm³/mol. The van der Waals surface area contributed by atoms with Crippen LogP contribution in [0.1, 0.15) is 21.9 Å². The van der Waals surface area contributed by atoms with Gasteiger partial charge in [0.25, 0.3) is 15.9 Å². The maximum Gasteiger partial charge on any atom is 0.264 e. The molecule has 0 bridgehead atoms. The van der Waals surface area contributed by atoms with Crippen LogP contribution in [-0.4, -0.2) is 54.9 Å². The highest BCUT2D eigenvalue weighted by molar-refractivity contribution is 7.89. The standard InChI is InChI=1S/C20H22N4O4S/c1-14-17-10-5-6-11-18(17)22-19(21-14)13-23(2)20(25)15-8-7-9-16(12-15)29(26,27)24(3)28-4/h5-12H,13H2,1-4H3. The number of carbonyl (C=O) groups is 1. The van der Waals surface area contributed by atoms with Crippen LogP contribution in [0.3, 0.4) is 0 Å². The van der Waals surface area contributed by atoms with E-state index in [2.05, 4.69) is 9.97 Å². The summed E-state index contributed by atoms with van der Waals surface area (Å²) in [7, 11) is 0.323. The van der Waals surface area contributed by atoms with Gasteiger partial charge in [0.05, 0.1) is 24.1 Å². The van der Waals surface area contributed by atoms with E-state index in [-0.39, 0.29) is 22.9 Å². The molecule has 3 aromatic rings. The first-order valence-electron chi connectivity index (χ1n) is 8.85. The average molecular weight is 414 g/mol. The van der Waals surface area contributed by atoms with Crippen molar-refractivity contribution in [1.82, 2.24) is 19.3 Å². The first-order valence-corrected chi connectivity index (χ1v) is 10.3. The number of hydrogen-bond donors (Lipinski definition) is 0. The molecule has 8 nitrogen and oxygen atoms in total. The van der Waals surface area contributed by atoms with Crippen LogP contribution in [0.4, 0.5) is 0 Å². The molecular formula is C20H22N4O4S. The third kappa shape index (κ3) is 4.26. The van der Waals surface area contributed by atoms with Crippen molar-refractivity contribution < 1.29 is 18.0 Å². The van der Waals surface area contributed by atoms with E-state index in [4.69, 9.17) is 4.84 Å². The minimum atomic E-state index is -3.84. The first-order chi connectivity index (χ1) is 13.7. The number of aryl methyl sites for hydroxylation is 1. The zero-order valence-corrected chi connectivity index (χ0v) is 17.5. The van der Waals surface area contributed by atoms with Crippen LogP contribution in [0.5, 0.6) is 0 Å². The second-order valence-corrected chi connectivity index (χ2v) is 8.46. The smallest absolute Gasteiger partial charge is 0.264 e. The molecule has 29 heavy (non-hydrogen) atoms. The monoisotopic (exact) mass is 414 g/mol. The lowest BCUT2D eigenvalue weighted by molar-refractivity contribution is -0.0258. The van der Waals surface area contributed by atoms with Gasteiger partial charge in [-0.15, -0.1) is 0 Å². The van der Waals surface area contributed by atoms with Crippen LogP contribution in [0.15, 0.2) is 53.4 Å². The SMILES string of the molecule is CON(C)S(=O)(=O)c1cccc(C(=O)N(C)Cc2nc(C)c3ccccc3n2)c1. The third-order valence-electron chi connectivity index (χ3n) is 4.54. The molecule has 0 radical (unpaired) electrons. The Morgan fingerprint density at radius 3 is 2.52 bits per heavy atom. The van der Waals surface area contributed by atoms with Crippen LogP contribution >= 0.6 is 0 Å². The Morgan fingerprint density at radius 1 is 1.07 bits per heavy atom. The van der Waals surface area contributed by atoms with Crippen LogP contribution in [0.2, 0.25) is 0 Å². The summed E-state index contributed by atoms with van der Waals surface area (Å²) in [6.45, 7) is 2.09. The molecule has 0 aliphatic carbocycles. The summed E-state index contributed by atoms with van der Waals surface area (Å²) in [6, 6.07) is 13.5. The predicted octanol–water partition coefficient (Wildman–Crippen LogP) is 2.39. The maximum absolute atomic E-state index is 12.8. The Bertz CT molecular complexity index is 1160. The zero-order chi connectivity index (χ0) is 21.2. The molecule has 1 aromatic heterocycles. The molecule has 0 aliphatic heterocycles. The van der Waals surface area contributed by atoms with Crippen molar-refractivity contribution in [2.75, 3.05) is 21.2 Å². The summed E-state index contributed by atoms with van der Waals surface area (Å²) in [5, 5.41) is 0.963. The number of aromatic nitrogens is 2. The van der Waals surface area contributed by atoms with Gasteiger partial charge in [0, 0.05) is 30.7 Å². The van der Waals surface area contributed by atoms with Crippen molar-refractivity contribution in [1.29, 1.82) is 0 Å². The molecule has 0 aliphatic rings. The summed E-state index contributed by atoms with van der Waals surface area (Å²) in [5.41, 5.74) is 1.89. The summed E-state index contributed by atoms with van der Waals surface area (Å²) in [5.74, 6) is 0.177. The number of para-hydroxylation sites is 1. The summed E-state index contributed by atoms with van der Waals surface area (Å²) >= 11 is 0. The van der Waals surface area contributed by atoms with Gasteiger partial charge in [-0.2, -0.15) is 0 Å². The molecule has 0 spiro atoms. The topological polar surface area (TPSA) is 92.7 Å². The van der Waals surface area contributed by atoms with Gasteiger partial charge >= 0.3 is 0 Å². The van der Waals surface area contributed by atoms with Crippen LogP contribution in [0.25, 0.3) is 10.9 Å². The van der Waals surface area contributed by atoms with Crippen LogP contribution in [-0.2, 0) is 21.4 Å². The van der Waals surface area contributed by atoms with E-state index in [9.17, 15) is 13.2 Å². The third-order valence-corrected chi connectivity index (χ3v) is 6.22. The number of hydroxylamine groups is 1. The first kappa shape index (κ1) is 20.8. The quantitative estimate of drug-likeness (QED) is 0.575. The molecule has 0 unspecified atom stereocenters. The Balaban J connectivity index is 1.85. The van der Waals surface area contributed by atoms with Gasteiger partial charge < -0.3 is 4.90 Å². The van der Waals surface area contributed by atoms with Gasteiger partial charge in [-0.05, 0) is 31.2 Å². The molecular weight excluding hydrogens is 392 g/mol. The molecule has 2 aromatic carbocycles. The Morgan fingerprint density at radius 2 is 1.79 bits per heavy atom. The largest absolute Gasteiger partial charge is 0.334 e. The van der Waals surface area contributed by atoms with Gasteiger partial charge in [-0.25, -0.2) is 18.4 Å². The van der Waals surface area contributed by atoms with Gasteiger partial charge in [0.1, 0.15) is 5.82 Å². The number of carbonyl (C=O) groups excluding carboxylic acids is 1. The Kier molecular flexibility index (Phi) is 5.92. The van der Waals surface area contributed by atoms with Crippen molar-refractivity contribution in [2.24, 2.45) is 0 Å². The molecule has 9 heteroatoms. The molecule has 1 amide bonds. The fourth-order valence-corrected chi connectivity index (χ4v) is 3.93. The highest BCUT2D eigenvalue weighted by atomic mass is 32.2. The van der Waals surface area contributed by atoms with Gasteiger partial charge in [0.15, 0.2) is 0 Å². The number of fused-ring (bicyclic) bond motifs is 1. The number of benzene rings is 2. The molecule has 0 atom stereocenters. The fraction of sp³-hybridized carbons (Fsp3) is 0.250. The van der Waals surface area contributed by atoms with Gasteiger partial charge in [0.2, 0.25) is 0 Å². The second kappa shape index (κ2) is 8.24. The van der Waals surface area contributed by atoms with E-state index >= 15 is 0 Å². The van der Waals surface area contributed by atoms with Crippen molar-refractivity contribution in [2.45, 2.75) is 18.4 Å². The normalized spacial score (nSPS) is 11.8. The Hall–Kier alpha value is -2.88. The minimum absolute atomic E-state index is 0.0288. The van der Waals surface area contributed by atoms with Crippen LogP contribution < -0.4 is 0 Å². The van der Waals surface area contributed by atoms with Crippen molar-refractivity contribution >= 4 is 26.8 Å². The molecule has 152 valence electrons. The van der Waals surface area contributed by atoms with E-state index in [1.54, 1.807) is 13.1 Å². The molecule has 3 rings (SSSR count). The maximum atomic E-state index is 12.8. The van der Waals surface area contributed by atoms with Gasteiger partial charge in [-0.1, -0.05) is 28.7 Å². The zero-order valence-electron chi connectivity index (χ0n) is 16.7. The van der Waals surface area contributed by atoms with Crippen molar-refractivity contribution in [3.05, 3.63) is 65.6 Å². The van der Waals surface area contributed by atoms with E-state index in [0.717, 1.165) is 21.1 Å². The number of rotatable bonds is 6. The molecule has 0 saturated carbocycles. The minimum Gasteiger partial charge on any atom is -0.334 e. The van der Waals surface area contributed by atoms with Crippen molar-refractivity contribution in [3.63, 3.8) is 0 Å². The highest BCUT2D eigenvalue weighted by Gasteiger charge is 2.23. The molecule has 0 N–H and O–H groups in total. The van der Waals surface area contributed by atoms with Crippen LogP contribution in [0, 0.1) is 6.92 Å². The molecule has 0 saturated heterocycles. The summed E-state index contributed by atoms with van der Waals surface area (Å²) in [6.07, 6.45) is 0. The van der Waals surface area contributed by atoms with E-state index in [0.29, 0.717) is 5.82 Å². The number of amides is 1. The molecule has 1 heterocycles. The van der Waals surface area contributed by atoms with E-state index in [1.165, 1.54) is 37.3 Å². The van der Waals surface area contributed by atoms with E-state index in [1.807, 2.05) is 31.2 Å². The highest BCUT2D eigenvalue weighted by Crippen LogP contribution is 2.18. The second-order valence-electron chi connectivity index (χ2n) is 6.53. The lowest BCUT2D eigenvalue weighted by atomic mass is 10.2. The number of nitrogens with zero attached hydrogens (tertiary/aromatic N) is 4.